The molecule has 4 heterocycles. The van der Waals surface area contributed by atoms with Crippen molar-refractivity contribution in [1.29, 1.82) is 0 Å². The zero-order valence-corrected chi connectivity index (χ0v) is 16.8. The molecule has 10 nitrogen and oxygen atoms in total. The molecule has 0 aliphatic carbocycles. The third kappa shape index (κ3) is 6.09. The molecule has 4 rings (SSSR count). The number of ether oxygens (including phenoxy) is 1. The van der Waals surface area contributed by atoms with Crippen LogP contribution in [0.4, 0.5) is 19.1 Å². The Hall–Kier alpha value is -3.35. The van der Waals surface area contributed by atoms with Gasteiger partial charge in [0.05, 0.1) is 30.7 Å². The lowest BCUT2D eigenvalue weighted by Crippen LogP contribution is -2.45. The molecule has 0 bridgehead atoms. The number of aliphatic carboxylic acids is 1. The maximum absolute atomic E-state index is 12.6. The third-order valence-electron chi connectivity index (χ3n) is 5.18. The van der Waals surface area contributed by atoms with E-state index in [2.05, 4.69) is 25.5 Å². The molecule has 2 aliphatic rings. The summed E-state index contributed by atoms with van der Waals surface area (Å²) in [7, 11) is 0. The second kappa shape index (κ2) is 10.3. The quantitative estimate of drug-likeness (QED) is 0.705. The second-order valence-electron chi connectivity index (χ2n) is 7.22. The number of nitrogens with one attached hydrogen (secondary N) is 1. The van der Waals surface area contributed by atoms with Gasteiger partial charge in [0.2, 0.25) is 5.95 Å². The first-order valence-corrected chi connectivity index (χ1v) is 9.74. The van der Waals surface area contributed by atoms with Crippen LogP contribution < -0.4 is 5.32 Å². The number of carbonyl (C=O) groups is 2. The van der Waals surface area contributed by atoms with Gasteiger partial charge in [-0.15, -0.1) is 0 Å². The predicted octanol–water partition coefficient (Wildman–Crippen LogP) is 1.49. The molecule has 0 saturated carbocycles. The highest BCUT2D eigenvalue weighted by Gasteiger charge is 2.42. The summed E-state index contributed by atoms with van der Waals surface area (Å²) >= 11 is 0. The average Bonchev–Trinajstić information content (AvgIpc) is 3.20. The van der Waals surface area contributed by atoms with Crippen LogP contribution >= 0.6 is 0 Å². The minimum absolute atomic E-state index is 0.0209. The molecule has 2 aliphatic heterocycles. The zero-order chi connectivity index (χ0) is 23.1. The summed E-state index contributed by atoms with van der Waals surface area (Å²) in [6.07, 6.45) is 2.49. The van der Waals surface area contributed by atoms with Gasteiger partial charge in [0.1, 0.15) is 0 Å². The van der Waals surface area contributed by atoms with Crippen LogP contribution in [0, 0.1) is 11.8 Å². The zero-order valence-electron chi connectivity index (χ0n) is 16.8. The van der Waals surface area contributed by atoms with Gasteiger partial charge in [-0.3, -0.25) is 4.79 Å². The van der Waals surface area contributed by atoms with E-state index in [1.54, 1.807) is 30.7 Å². The molecule has 1 amide bonds. The number of hydrogen-bond donors (Lipinski definition) is 2. The largest absolute Gasteiger partial charge is 0.490 e. The Morgan fingerprint density at radius 3 is 2.56 bits per heavy atom. The molecule has 2 N–H and O–H groups in total. The van der Waals surface area contributed by atoms with E-state index in [1.165, 1.54) is 6.20 Å². The van der Waals surface area contributed by atoms with Crippen LogP contribution in [0.15, 0.2) is 36.9 Å². The molecule has 32 heavy (non-hydrogen) atoms. The molecule has 0 aromatic carbocycles. The van der Waals surface area contributed by atoms with Crippen LogP contribution in [0.25, 0.3) is 0 Å². The molecule has 2 fully saturated rings. The maximum atomic E-state index is 12.6. The molecule has 2 aromatic rings. The van der Waals surface area contributed by atoms with Crippen molar-refractivity contribution in [3.8, 4) is 0 Å². The number of rotatable bonds is 4. The molecule has 2 aromatic heterocycles. The van der Waals surface area contributed by atoms with Gasteiger partial charge in [-0.1, -0.05) is 0 Å². The summed E-state index contributed by atoms with van der Waals surface area (Å²) in [5.41, 5.74) is 0.590. The Morgan fingerprint density at radius 1 is 1.22 bits per heavy atom. The number of carbonyl (C=O) groups excluding carboxylic acids is 1. The van der Waals surface area contributed by atoms with Crippen molar-refractivity contribution in [2.75, 3.05) is 31.6 Å². The highest BCUT2D eigenvalue weighted by molar-refractivity contribution is 5.93. The Morgan fingerprint density at radius 2 is 1.94 bits per heavy atom. The minimum atomic E-state index is -5.08. The van der Waals surface area contributed by atoms with Gasteiger partial charge in [-0.2, -0.15) is 23.4 Å². The Labute approximate surface area is 180 Å². The Balaban J connectivity index is 0.000000360. The lowest BCUT2D eigenvalue weighted by atomic mass is 9.84. The summed E-state index contributed by atoms with van der Waals surface area (Å²) in [4.78, 5) is 31.7. The fraction of sp³-hybridized carbons (Fsp3) is 0.474. The lowest BCUT2D eigenvalue weighted by molar-refractivity contribution is -0.192. The molecule has 0 radical (unpaired) electrons. The number of hydrogen-bond acceptors (Lipinski definition) is 8. The van der Waals surface area contributed by atoms with Gasteiger partial charge in [0.25, 0.3) is 5.91 Å². The first kappa shape index (κ1) is 23.3. The SMILES string of the molecule is O=C(O)C(F)(F)F.O=C(c1ccnnc1)N1CC[C@@H]2[C@@H](CO[C@H]2CNc2ncccn2)C1. The van der Waals surface area contributed by atoms with E-state index in [1.807, 2.05) is 4.90 Å². The van der Waals surface area contributed by atoms with E-state index in [-0.39, 0.29) is 12.0 Å². The van der Waals surface area contributed by atoms with E-state index in [4.69, 9.17) is 14.6 Å². The third-order valence-corrected chi connectivity index (χ3v) is 5.18. The number of anilines is 1. The van der Waals surface area contributed by atoms with Crippen LogP contribution in [0.1, 0.15) is 16.8 Å². The van der Waals surface area contributed by atoms with E-state index in [0.29, 0.717) is 36.5 Å². The standard InChI is InChI=1S/C17H20N6O2.C2HF3O2/c24-16(12-2-6-21-22-8-12)23-7-3-14-13(10-23)11-25-15(14)9-20-17-18-4-1-5-19-17;3-2(4,5)1(6)7/h1-2,4-6,8,13-15H,3,7,9-11H2,(H,18,19,20);(H,6,7)/t13-,14-,15+;/m1./s1. The average molecular weight is 454 g/mol. The van der Waals surface area contributed by atoms with Gasteiger partial charge in [0, 0.05) is 37.9 Å². The number of carboxylic acid groups (broad SMARTS) is 1. The van der Waals surface area contributed by atoms with Gasteiger partial charge >= 0.3 is 12.1 Å². The highest BCUT2D eigenvalue weighted by Crippen LogP contribution is 2.34. The number of piperidine rings is 1. The summed E-state index contributed by atoms with van der Waals surface area (Å²) < 4.78 is 37.7. The van der Waals surface area contributed by atoms with Crippen molar-refractivity contribution < 1.29 is 32.6 Å². The van der Waals surface area contributed by atoms with Crippen LogP contribution in [-0.4, -0.2) is 80.6 Å². The molecular weight excluding hydrogens is 433 g/mol. The summed E-state index contributed by atoms with van der Waals surface area (Å²) in [6.45, 7) is 2.84. The molecule has 2 saturated heterocycles. The maximum Gasteiger partial charge on any atom is 0.490 e. The van der Waals surface area contributed by atoms with Crippen molar-refractivity contribution >= 4 is 17.8 Å². The van der Waals surface area contributed by atoms with Crippen LogP contribution in [0.5, 0.6) is 0 Å². The van der Waals surface area contributed by atoms with Crippen LogP contribution in [0.3, 0.4) is 0 Å². The van der Waals surface area contributed by atoms with Gasteiger partial charge in [-0.25, -0.2) is 14.8 Å². The molecule has 3 atom stereocenters. The number of likely N-dealkylation sites (tertiary alicyclic amines) is 1. The molecule has 13 heteroatoms. The fourth-order valence-corrected chi connectivity index (χ4v) is 3.66. The number of nitrogens with zero attached hydrogens (tertiary/aromatic N) is 5. The summed E-state index contributed by atoms with van der Waals surface area (Å²) in [6, 6.07) is 3.50. The van der Waals surface area contributed by atoms with Crippen LogP contribution in [0.2, 0.25) is 0 Å². The summed E-state index contributed by atoms with van der Waals surface area (Å²) in [5, 5.41) is 17.9. The van der Waals surface area contributed by atoms with Crippen molar-refractivity contribution in [2.24, 2.45) is 11.8 Å². The number of amides is 1. The predicted molar refractivity (Wildman–Crippen MR) is 103 cm³/mol. The number of halogens is 3. The van der Waals surface area contributed by atoms with Crippen molar-refractivity contribution in [1.82, 2.24) is 25.1 Å². The first-order valence-electron chi connectivity index (χ1n) is 9.74. The molecule has 172 valence electrons. The molecule has 0 spiro atoms. The Kier molecular flexibility index (Phi) is 7.51. The topological polar surface area (TPSA) is 130 Å². The highest BCUT2D eigenvalue weighted by atomic mass is 19.4. The second-order valence-corrected chi connectivity index (χ2v) is 7.22. The molecular formula is C19H21F3N6O4. The monoisotopic (exact) mass is 454 g/mol. The van der Waals surface area contributed by atoms with Crippen molar-refractivity contribution in [3.63, 3.8) is 0 Å². The molecule has 0 unspecified atom stereocenters. The normalized spacial score (nSPS) is 22.3. The van der Waals surface area contributed by atoms with E-state index < -0.39 is 12.1 Å². The minimum Gasteiger partial charge on any atom is -0.475 e. The van der Waals surface area contributed by atoms with E-state index in [9.17, 15) is 18.0 Å². The van der Waals surface area contributed by atoms with Gasteiger partial charge in [-0.05, 0) is 24.5 Å². The van der Waals surface area contributed by atoms with E-state index >= 15 is 0 Å². The van der Waals surface area contributed by atoms with Gasteiger partial charge in [0.15, 0.2) is 0 Å². The fourth-order valence-electron chi connectivity index (χ4n) is 3.66. The summed E-state index contributed by atoms with van der Waals surface area (Å²) in [5.74, 6) is -1.29. The number of fused-ring (bicyclic) bond motifs is 1. The van der Waals surface area contributed by atoms with Crippen molar-refractivity contribution in [2.45, 2.75) is 18.7 Å². The number of alkyl halides is 3. The van der Waals surface area contributed by atoms with Crippen molar-refractivity contribution in [3.05, 3.63) is 42.5 Å². The lowest BCUT2D eigenvalue weighted by Gasteiger charge is -2.35. The van der Waals surface area contributed by atoms with E-state index in [0.717, 1.165) is 19.5 Å². The smallest absolute Gasteiger partial charge is 0.475 e. The Bertz CT molecular complexity index is 903. The van der Waals surface area contributed by atoms with Crippen LogP contribution in [-0.2, 0) is 9.53 Å². The van der Waals surface area contributed by atoms with Gasteiger partial charge < -0.3 is 20.1 Å². The number of carboxylic acids is 1. The first-order chi connectivity index (χ1) is 15.3. The number of aromatic nitrogens is 4.